The second-order valence-corrected chi connectivity index (χ2v) is 7.06. The summed E-state index contributed by atoms with van der Waals surface area (Å²) in [6.45, 7) is 3.03. The monoisotopic (exact) mass is 290 g/mol. The lowest BCUT2D eigenvalue weighted by Crippen LogP contribution is -2.41. The molecule has 1 saturated heterocycles. The van der Waals surface area contributed by atoms with E-state index in [9.17, 15) is 4.79 Å². The Labute approximate surface area is 125 Å². The number of nitrogens with zero attached hydrogens (tertiary/aromatic N) is 1. The summed E-state index contributed by atoms with van der Waals surface area (Å²) in [5.41, 5.74) is 1.08. The molecule has 1 saturated carbocycles. The van der Waals surface area contributed by atoms with E-state index in [0.29, 0.717) is 4.75 Å². The molecule has 0 bridgehead atoms. The van der Waals surface area contributed by atoms with Gasteiger partial charge in [-0.15, -0.1) is 0 Å². The Morgan fingerprint density at radius 3 is 2.60 bits per heavy atom. The first-order valence-electron chi connectivity index (χ1n) is 7.36. The van der Waals surface area contributed by atoms with Gasteiger partial charge in [-0.1, -0.05) is 37.3 Å². The van der Waals surface area contributed by atoms with E-state index in [4.69, 9.17) is 0 Å². The maximum Gasteiger partial charge on any atom is 0.245 e. The van der Waals surface area contributed by atoms with Crippen molar-refractivity contribution in [2.45, 2.75) is 43.1 Å². The number of carbonyl (C=O) groups is 1. The highest BCUT2D eigenvalue weighted by atomic mass is 32.2. The summed E-state index contributed by atoms with van der Waals surface area (Å²) in [4.78, 5) is 14.8. The molecule has 1 aliphatic heterocycles. The quantitative estimate of drug-likeness (QED) is 0.905. The standard InChI is InChI=1S/C16H22N2OS/c1-3-13-17-14(12-7-5-4-6-8-12)15(19)18(13)11-16(20-2)9-10-16/h4-8,13-14,17H,3,9-11H2,1-2H3. The van der Waals surface area contributed by atoms with Gasteiger partial charge in [0.05, 0.1) is 6.17 Å². The minimum absolute atomic E-state index is 0.168. The summed E-state index contributed by atoms with van der Waals surface area (Å²) in [7, 11) is 0. The minimum atomic E-state index is -0.168. The van der Waals surface area contributed by atoms with E-state index in [1.54, 1.807) is 0 Å². The number of rotatable bonds is 5. The van der Waals surface area contributed by atoms with Crippen LogP contribution in [0.1, 0.15) is 37.8 Å². The lowest BCUT2D eigenvalue weighted by Gasteiger charge is -2.27. The van der Waals surface area contributed by atoms with E-state index in [1.807, 2.05) is 42.1 Å². The van der Waals surface area contributed by atoms with Gasteiger partial charge in [-0.2, -0.15) is 11.8 Å². The Balaban J connectivity index is 1.79. The first-order chi connectivity index (χ1) is 9.69. The molecule has 3 rings (SSSR count). The maximum atomic E-state index is 12.8. The summed E-state index contributed by atoms with van der Waals surface area (Å²) in [5.74, 6) is 0.239. The highest BCUT2D eigenvalue weighted by Gasteiger charge is 2.48. The lowest BCUT2D eigenvalue weighted by atomic mass is 10.1. The molecule has 20 heavy (non-hydrogen) atoms. The van der Waals surface area contributed by atoms with E-state index in [-0.39, 0.29) is 18.1 Å². The fourth-order valence-electron chi connectivity index (χ4n) is 2.96. The Kier molecular flexibility index (Phi) is 3.78. The van der Waals surface area contributed by atoms with Gasteiger partial charge < -0.3 is 4.90 Å². The Morgan fingerprint density at radius 1 is 1.35 bits per heavy atom. The van der Waals surface area contributed by atoms with Crippen molar-refractivity contribution in [1.82, 2.24) is 10.2 Å². The highest BCUT2D eigenvalue weighted by molar-refractivity contribution is 8.00. The summed E-state index contributed by atoms with van der Waals surface area (Å²) in [6.07, 6.45) is 5.78. The Bertz CT molecular complexity index is 487. The van der Waals surface area contributed by atoms with Crippen molar-refractivity contribution in [2.75, 3.05) is 12.8 Å². The topological polar surface area (TPSA) is 32.3 Å². The van der Waals surface area contributed by atoms with Gasteiger partial charge in [-0.05, 0) is 31.1 Å². The van der Waals surface area contributed by atoms with Gasteiger partial charge in [-0.25, -0.2) is 0 Å². The van der Waals surface area contributed by atoms with E-state index in [0.717, 1.165) is 18.5 Å². The summed E-state index contributed by atoms with van der Waals surface area (Å²) >= 11 is 1.91. The van der Waals surface area contributed by atoms with Crippen LogP contribution in [0.4, 0.5) is 0 Å². The first kappa shape index (κ1) is 14.0. The van der Waals surface area contributed by atoms with E-state index >= 15 is 0 Å². The predicted octanol–water partition coefficient (Wildman–Crippen LogP) is 2.79. The molecular formula is C16H22N2OS. The van der Waals surface area contributed by atoms with Gasteiger partial charge in [0, 0.05) is 11.3 Å². The van der Waals surface area contributed by atoms with Crippen molar-refractivity contribution >= 4 is 17.7 Å². The van der Waals surface area contributed by atoms with Crippen LogP contribution in [0.3, 0.4) is 0 Å². The molecule has 2 atom stereocenters. The van der Waals surface area contributed by atoms with Crippen molar-refractivity contribution < 1.29 is 4.79 Å². The number of benzene rings is 1. The van der Waals surface area contributed by atoms with Crippen LogP contribution in [0.2, 0.25) is 0 Å². The molecule has 0 aromatic heterocycles. The Hall–Kier alpha value is -1.00. The molecule has 108 valence electrons. The number of amides is 1. The van der Waals surface area contributed by atoms with E-state index < -0.39 is 0 Å². The summed E-state index contributed by atoms with van der Waals surface area (Å²) in [5, 5.41) is 3.50. The van der Waals surface area contributed by atoms with Crippen LogP contribution < -0.4 is 5.32 Å². The largest absolute Gasteiger partial charge is 0.324 e. The van der Waals surface area contributed by atoms with E-state index in [2.05, 4.69) is 23.4 Å². The third kappa shape index (κ3) is 2.47. The molecule has 0 radical (unpaired) electrons. The van der Waals surface area contributed by atoms with Crippen molar-refractivity contribution in [1.29, 1.82) is 0 Å². The first-order valence-corrected chi connectivity index (χ1v) is 8.58. The summed E-state index contributed by atoms with van der Waals surface area (Å²) < 4.78 is 0.330. The van der Waals surface area contributed by atoms with Crippen LogP contribution in [-0.2, 0) is 4.79 Å². The Morgan fingerprint density at radius 2 is 2.05 bits per heavy atom. The second kappa shape index (κ2) is 5.41. The van der Waals surface area contributed by atoms with Gasteiger partial charge in [0.15, 0.2) is 0 Å². The summed E-state index contributed by atoms with van der Waals surface area (Å²) in [6, 6.07) is 9.89. The predicted molar refractivity (Wildman–Crippen MR) is 83.6 cm³/mol. The third-order valence-electron chi connectivity index (χ3n) is 4.48. The smallest absolute Gasteiger partial charge is 0.245 e. The highest BCUT2D eigenvalue weighted by Crippen LogP contribution is 2.48. The fraction of sp³-hybridized carbons (Fsp3) is 0.562. The molecular weight excluding hydrogens is 268 g/mol. The van der Waals surface area contributed by atoms with Crippen molar-refractivity contribution in [2.24, 2.45) is 0 Å². The zero-order chi connectivity index (χ0) is 14.2. The van der Waals surface area contributed by atoms with Crippen LogP contribution in [0, 0.1) is 0 Å². The van der Waals surface area contributed by atoms with Crippen LogP contribution in [0.15, 0.2) is 30.3 Å². The third-order valence-corrected chi connectivity index (χ3v) is 5.89. The molecule has 1 heterocycles. The number of carbonyl (C=O) groups excluding carboxylic acids is 1. The SMILES string of the molecule is CCC1NC(c2ccccc2)C(=O)N1CC1(SC)CC1. The van der Waals surface area contributed by atoms with Gasteiger partial charge in [0.25, 0.3) is 0 Å². The lowest BCUT2D eigenvalue weighted by molar-refractivity contribution is -0.130. The van der Waals surface area contributed by atoms with Crippen LogP contribution in [0.25, 0.3) is 0 Å². The molecule has 1 aromatic rings. The minimum Gasteiger partial charge on any atom is -0.324 e. The van der Waals surface area contributed by atoms with Crippen molar-refractivity contribution in [3.05, 3.63) is 35.9 Å². The number of hydrogen-bond donors (Lipinski definition) is 1. The number of hydrogen-bond acceptors (Lipinski definition) is 3. The van der Waals surface area contributed by atoms with Crippen LogP contribution >= 0.6 is 11.8 Å². The zero-order valence-corrected chi connectivity index (χ0v) is 13.0. The average Bonchev–Trinajstić information content (AvgIpc) is 3.20. The van der Waals surface area contributed by atoms with Crippen molar-refractivity contribution in [3.8, 4) is 0 Å². The van der Waals surface area contributed by atoms with Crippen LogP contribution in [-0.4, -0.2) is 34.5 Å². The zero-order valence-electron chi connectivity index (χ0n) is 12.1. The molecule has 1 amide bonds. The van der Waals surface area contributed by atoms with Gasteiger partial charge >= 0.3 is 0 Å². The van der Waals surface area contributed by atoms with Crippen molar-refractivity contribution in [3.63, 3.8) is 0 Å². The van der Waals surface area contributed by atoms with Crippen LogP contribution in [0.5, 0.6) is 0 Å². The number of thioether (sulfide) groups is 1. The second-order valence-electron chi connectivity index (χ2n) is 5.79. The molecule has 1 N–H and O–H groups in total. The molecule has 3 nitrogen and oxygen atoms in total. The van der Waals surface area contributed by atoms with E-state index in [1.165, 1.54) is 12.8 Å². The molecule has 2 unspecified atom stereocenters. The fourth-order valence-corrected chi connectivity index (χ4v) is 3.74. The molecule has 2 aliphatic rings. The van der Waals surface area contributed by atoms with Gasteiger partial charge in [0.2, 0.25) is 5.91 Å². The molecule has 2 fully saturated rings. The molecule has 0 spiro atoms. The molecule has 1 aromatic carbocycles. The number of nitrogens with one attached hydrogen (secondary N) is 1. The maximum absolute atomic E-state index is 12.8. The average molecular weight is 290 g/mol. The molecule has 4 heteroatoms. The normalized spacial score (nSPS) is 27.9. The van der Waals surface area contributed by atoms with Gasteiger partial charge in [0.1, 0.15) is 6.04 Å². The molecule has 1 aliphatic carbocycles. The van der Waals surface area contributed by atoms with Gasteiger partial charge in [-0.3, -0.25) is 10.1 Å².